The van der Waals surface area contributed by atoms with Crippen molar-refractivity contribution < 1.29 is 9.18 Å². The molecule has 0 aliphatic heterocycles. The topological polar surface area (TPSA) is 108 Å². The lowest BCUT2D eigenvalue weighted by atomic mass is 9.90. The Morgan fingerprint density at radius 1 is 1.26 bits per heavy atom. The van der Waals surface area contributed by atoms with Gasteiger partial charge in [0.2, 0.25) is 0 Å². The van der Waals surface area contributed by atoms with Crippen LogP contribution in [0.25, 0.3) is 22.4 Å². The largest absolute Gasteiger partial charge is 0.363 e. The summed E-state index contributed by atoms with van der Waals surface area (Å²) in [5, 5.41) is 10.3. The summed E-state index contributed by atoms with van der Waals surface area (Å²) >= 11 is 6.08. The molecular formula is C21H25ClFN7O. The zero-order valence-corrected chi connectivity index (χ0v) is 18.0. The Kier molecular flexibility index (Phi) is 6.50. The van der Waals surface area contributed by atoms with E-state index >= 15 is 0 Å². The van der Waals surface area contributed by atoms with Crippen LogP contribution in [0.1, 0.15) is 39.0 Å². The molecule has 0 aromatic carbocycles. The molecule has 3 aromatic heterocycles. The molecular weight excluding hydrogens is 421 g/mol. The Labute approximate surface area is 184 Å². The number of halogens is 2. The highest BCUT2D eigenvalue weighted by Crippen LogP contribution is 2.29. The second-order valence-electron chi connectivity index (χ2n) is 7.68. The predicted molar refractivity (Wildman–Crippen MR) is 119 cm³/mol. The molecule has 1 fully saturated rings. The summed E-state index contributed by atoms with van der Waals surface area (Å²) in [5.41, 5.74) is 1.33. The van der Waals surface area contributed by atoms with Gasteiger partial charge in [0.15, 0.2) is 17.5 Å². The number of fused-ring (bicyclic) bond motifs is 1. The van der Waals surface area contributed by atoms with Crippen molar-refractivity contribution >= 4 is 34.5 Å². The van der Waals surface area contributed by atoms with Crippen LogP contribution in [0.4, 0.5) is 15.0 Å². The molecule has 4 rings (SSSR count). The monoisotopic (exact) mass is 445 g/mol. The third kappa shape index (κ3) is 4.87. The summed E-state index contributed by atoms with van der Waals surface area (Å²) in [4.78, 5) is 28.0. The molecule has 1 aliphatic rings. The molecule has 0 radical (unpaired) electrons. The van der Waals surface area contributed by atoms with Gasteiger partial charge >= 0.3 is 6.03 Å². The number of amides is 2. The highest BCUT2D eigenvalue weighted by molar-refractivity contribution is 6.31. The number of nitrogens with zero attached hydrogens (tertiary/aromatic N) is 3. The van der Waals surface area contributed by atoms with Gasteiger partial charge in [-0.15, -0.1) is 0 Å². The molecule has 10 heteroatoms. The molecule has 3 heterocycles. The predicted octanol–water partition coefficient (Wildman–Crippen LogP) is 4.24. The molecule has 2 atom stereocenters. The molecule has 0 saturated heterocycles. The molecule has 1 saturated carbocycles. The number of H-pyrrole nitrogens is 1. The van der Waals surface area contributed by atoms with Crippen LogP contribution in [0, 0.1) is 5.82 Å². The van der Waals surface area contributed by atoms with E-state index in [9.17, 15) is 9.18 Å². The first-order valence-corrected chi connectivity index (χ1v) is 10.9. The van der Waals surface area contributed by atoms with E-state index < -0.39 is 5.82 Å². The number of anilines is 1. The standard InChI is InChI=1S/C21H25ClFN7O/c1-2-7-24-21(31)29-17-6-4-3-5-16(17)28-20-15(23)11-27-19(30-20)14-10-26-18-13(14)8-12(22)9-25-18/h8-11,16-17H,2-7H2,1H3,(H,25,26)(H2,24,29,31)(H,27,28,30)/t16-,17-/m1/s1. The van der Waals surface area contributed by atoms with Crippen molar-refractivity contribution in [3.05, 3.63) is 35.5 Å². The van der Waals surface area contributed by atoms with Crippen molar-refractivity contribution in [2.45, 2.75) is 51.1 Å². The summed E-state index contributed by atoms with van der Waals surface area (Å²) in [6, 6.07) is 1.33. The van der Waals surface area contributed by atoms with Crippen molar-refractivity contribution in [3.8, 4) is 11.4 Å². The van der Waals surface area contributed by atoms with Gasteiger partial charge < -0.3 is 20.9 Å². The lowest BCUT2D eigenvalue weighted by molar-refractivity contribution is 0.230. The maximum Gasteiger partial charge on any atom is 0.315 e. The Hall–Kier alpha value is -2.94. The Morgan fingerprint density at radius 2 is 2.06 bits per heavy atom. The quantitative estimate of drug-likeness (QED) is 0.453. The van der Waals surface area contributed by atoms with Gasteiger partial charge in [-0.05, 0) is 25.3 Å². The van der Waals surface area contributed by atoms with Crippen molar-refractivity contribution in [2.24, 2.45) is 0 Å². The van der Waals surface area contributed by atoms with E-state index in [0.29, 0.717) is 28.6 Å². The molecule has 0 bridgehead atoms. The zero-order chi connectivity index (χ0) is 21.8. The van der Waals surface area contributed by atoms with E-state index in [-0.39, 0.29) is 23.9 Å². The van der Waals surface area contributed by atoms with Crippen LogP contribution in [0.5, 0.6) is 0 Å². The van der Waals surface area contributed by atoms with Crippen molar-refractivity contribution in [1.29, 1.82) is 0 Å². The van der Waals surface area contributed by atoms with Gasteiger partial charge in [-0.1, -0.05) is 31.4 Å². The molecule has 0 unspecified atom stereocenters. The number of aromatic nitrogens is 4. The Balaban J connectivity index is 1.56. The van der Waals surface area contributed by atoms with Crippen LogP contribution in [-0.4, -0.2) is 44.6 Å². The summed E-state index contributed by atoms with van der Waals surface area (Å²) in [7, 11) is 0. The van der Waals surface area contributed by atoms with Gasteiger partial charge in [-0.3, -0.25) is 0 Å². The van der Waals surface area contributed by atoms with Gasteiger partial charge in [-0.25, -0.2) is 24.1 Å². The Bertz CT molecular complexity index is 1070. The van der Waals surface area contributed by atoms with Crippen LogP contribution in [0.2, 0.25) is 5.02 Å². The molecule has 2 amide bonds. The third-order valence-corrected chi connectivity index (χ3v) is 5.63. The van der Waals surface area contributed by atoms with Crippen molar-refractivity contribution in [1.82, 2.24) is 30.6 Å². The first kappa shape index (κ1) is 21.3. The summed E-state index contributed by atoms with van der Waals surface area (Å²) in [5.74, 6) is -0.0678. The van der Waals surface area contributed by atoms with E-state index in [1.54, 1.807) is 18.5 Å². The minimum absolute atomic E-state index is 0.112. The molecule has 164 valence electrons. The van der Waals surface area contributed by atoms with E-state index in [4.69, 9.17) is 11.6 Å². The first-order valence-electron chi connectivity index (χ1n) is 10.5. The van der Waals surface area contributed by atoms with E-state index in [1.165, 1.54) is 0 Å². The first-order chi connectivity index (χ1) is 15.0. The van der Waals surface area contributed by atoms with Crippen LogP contribution in [0.3, 0.4) is 0 Å². The van der Waals surface area contributed by atoms with E-state index in [1.807, 2.05) is 6.92 Å². The molecule has 1 aliphatic carbocycles. The van der Waals surface area contributed by atoms with Gasteiger partial charge in [-0.2, -0.15) is 0 Å². The highest BCUT2D eigenvalue weighted by atomic mass is 35.5. The molecule has 8 nitrogen and oxygen atoms in total. The molecule has 4 N–H and O–H groups in total. The van der Waals surface area contributed by atoms with Crippen LogP contribution < -0.4 is 16.0 Å². The number of pyridine rings is 1. The van der Waals surface area contributed by atoms with Crippen molar-refractivity contribution in [3.63, 3.8) is 0 Å². The minimum Gasteiger partial charge on any atom is -0.363 e. The lowest BCUT2D eigenvalue weighted by Gasteiger charge is -2.33. The van der Waals surface area contributed by atoms with Gasteiger partial charge in [0.05, 0.1) is 17.3 Å². The number of hydrogen-bond donors (Lipinski definition) is 4. The molecule has 31 heavy (non-hydrogen) atoms. The van der Waals surface area contributed by atoms with Crippen LogP contribution in [-0.2, 0) is 0 Å². The molecule has 3 aromatic rings. The number of nitrogens with one attached hydrogen (secondary N) is 4. The van der Waals surface area contributed by atoms with Crippen LogP contribution >= 0.6 is 11.6 Å². The summed E-state index contributed by atoms with van der Waals surface area (Å²) in [6.07, 6.45) is 8.94. The second kappa shape index (κ2) is 9.47. The van der Waals surface area contributed by atoms with E-state index in [2.05, 4.69) is 35.9 Å². The minimum atomic E-state index is -0.542. The maximum atomic E-state index is 14.6. The number of carbonyl (C=O) groups excluding carboxylic acids is 1. The average Bonchev–Trinajstić information content (AvgIpc) is 3.18. The van der Waals surface area contributed by atoms with Crippen LogP contribution in [0.15, 0.2) is 24.7 Å². The average molecular weight is 446 g/mol. The fourth-order valence-electron chi connectivity index (χ4n) is 3.87. The smallest absolute Gasteiger partial charge is 0.315 e. The number of carbonyl (C=O) groups is 1. The fourth-order valence-corrected chi connectivity index (χ4v) is 4.03. The molecule has 0 spiro atoms. The SMILES string of the molecule is CCCNC(=O)N[C@@H]1CCCC[C@H]1Nc1nc(-c2c[nH]c3ncc(Cl)cc23)ncc1F. The van der Waals surface area contributed by atoms with Gasteiger partial charge in [0.1, 0.15) is 5.65 Å². The maximum absolute atomic E-state index is 14.6. The van der Waals surface area contributed by atoms with Crippen molar-refractivity contribution in [2.75, 3.05) is 11.9 Å². The second-order valence-corrected chi connectivity index (χ2v) is 8.12. The third-order valence-electron chi connectivity index (χ3n) is 5.42. The Morgan fingerprint density at radius 3 is 2.87 bits per heavy atom. The fraction of sp³-hybridized carbons (Fsp3) is 0.429. The lowest BCUT2D eigenvalue weighted by Crippen LogP contribution is -2.51. The summed E-state index contributed by atoms with van der Waals surface area (Å²) in [6.45, 7) is 2.61. The van der Waals surface area contributed by atoms with Gasteiger partial charge in [0.25, 0.3) is 0 Å². The number of rotatable bonds is 6. The normalized spacial score (nSPS) is 18.7. The number of hydrogen-bond acceptors (Lipinski definition) is 5. The number of aromatic amines is 1. The summed E-state index contributed by atoms with van der Waals surface area (Å²) < 4.78 is 14.6. The zero-order valence-electron chi connectivity index (χ0n) is 17.2. The van der Waals surface area contributed by atoms with E-state index in [0.717, 1.165) is 43.7 Å². The highest BCUT2D eigenvalue weighted by Gasteiger charge is 2.28. The van der Waals surface area contributed by atoms with Gasteiger partial charge in [0, 0.05) is 35.9 Å². The number of urea groups is 1.